The van der Waals surface area contributed by atoms with E-state index in [0.29, 0.717) is 22.3 Å². The normalized spacial score (nSPS) is 13.1. The van der Waals surface area contributed by atoms with Gasteiger partial charge in [-0.1, -0.05) is 37.0 Å². The average Bonchev–Trinajstić information content (AvgIpc) is 2.21. The van der Waals surface area contributed by atoms with Crippen LogP contribution in [0.5, 0.6) is 0 Å². The van der Waals surface area contributed by atoms with E-state index in [4.69, 9.17) is 23.2 Å². The summed E-state index contributed by atoms with van der Waals surface area (Å²) in [6.45, 7) is 5.32. The number of aromatic nitrogens is 2. The third kappa shape index (κ3) is 5.38. The Balaban J connectivity index is 2.77. The molecular weight excluding hydrogens is 271 g/mol. The highest BCUT2D eigenvalue weighted by Crippen LogP contribution is 2.23. The molecule has 0 aliphatic heterocycles. The number of anilines is 1. The van der Waals surface area contributed by atoms with Crippen LogP contribution in [-0.4, -0.2) is 41.8 Å². The summed E-state index contributed by atoms with van der Waals surface area (Å²) in [6, 6.07) is 2.01. The summed E-state index contributed by atoms with van der Waals surface area (Å²) < 4.78 is 0. The second-order valence-corrected chi connectivity index (χ2v) is 5.85. The molecule has 0 radical (unpaired) electrons. The lowest BCUT2D eigenvalue weighted by Crippen LogP contribution is -2.33. The van der Waals surface area contributed by atoms with Crippen LogP contribution in [0.25, 0.3) is 0 Å². The topological polar surface area (TPSA) is 41.0 Å². The molecule has 0 amide bonds. The molecule has 6 heteroatoms. The SMILES string of the molecule is CC(C)CC(CN(C)C)Nc1cc(Cl)nnc1Cl. The van der Waals surface area contributed by atoms with Crippen LogP contribution in [0.15, 0.2) is 6.07 Å². The molecule has 1 unspecified atom stereocenters. The maximum atomic E-state index is 6.01. The summed E-state index contributed by atoms with van der Waals surface area (Å²) in [5.74, 6) is 0.603. The van der Waals surface area contributed by atoms with Gasteiger partial charge < -0.3 is 10.2 Å². The Bertz CT molecular complexity index is 372. The molecule has 0 aliphatic rings. The lowest BCUT2D eigenvalue weighted by atomic mass is 10.0. The van der Waals surface area contributed by atoms with Crippen molar-refractivity contribution in [1.29, 1.82) is 0 Å². The zero-order chi connectivity index (χ0) is 13.7. The zero-order valence-corrected chi connectivity index (χ0v) is 12.8. The Hall–Kier alpha value is -0.580. The number of hydrogen-bond donors (Lipinski definition) is 1. The van der Waals surface area contributed by atoms with Crippen molar-refractivity contribution < 1.29 is 0 Å². The standard InChI is InChI=1S/C12H20Cl2N4/c1-8(2)5-9(7-18(3)4)15-10-6-11(13)16-17-12(10)14/h6,8-9H,5,7H2,1-4H3,(H,15,16). The Morgan fingerprint density at radius 2 is 1.94 bits per heavy atom. The second-order valence-electron chi connectivity index (χ2n) is 5.10. The van der Waals surface area contributed by atoms with Crippen molar-refractivity contribution in [2.75, 3.05) is 26.0 Å². The molecule has 0 aromatic carbocycles. The predicted octanol–water partition coefficient (Wildman–Crippen LogP) is 3.17. The number of nitrogens with zero attached hydrogens (tertiary/aromatic N) is 3. The molecule has 1 atom stereocenters. The van der Waals surface area contributed by atoms with Crippen molar-refractivity contribution in [3.05, 3.63) is 16.4 Å². The number of nitrogens with one attached hydrogen (secondary N) is 1. The first kappa shape index (κ1) is 15.5. The van der Waals surface area contributed by atoms with Crippen LogP contribution in [-0.2, 0) is 0 Å². The van der Waals surface area contributed by atoms with E-state index in [2.05, 4.69) is 34.3 Å². The van der Waals surface area contributed by atoms with Gasteiger partial charge in [-0.15, -0.1) is 10.2 Å². The van der Waals surface area contributed by atoms with Crippen molar-refractivity contribution in [2.45, 2.75) is 26.3 Å². The van der Waals surface area contributed by atoms with E-state index in [9.17, 15) is 0 Å². The van der Waals surface area contributed by atoms with Gasteiger partial charge in [-0.2, -0.15) is 0 Å². The fraction of sp³-hybridized carbons (Fsp3) is 0.667. The smallest absolute Gasteiger partial charge is 0.174 e. The fourth-order valence-electron chi connectivity index (χ4n) is 1.86. The van der Waals surface area contributed by atoms with E-state index in [0.717, 1.165) is 18.7 Å². The van der Waals surface area contributed by atoms with Gasteiger partial charge in [-0.05, 0) is 26.4 Å². The second kappa shape index (κ2) is 7.12. The Morgan fingerprint density at radius 3 is 2.50 bits per heavy atom. The number of rotatable bonds is 6. The van der Waals surface area contributed by atoms with E-state index in [1.807, 2.05) is 14.1 Å². The minimum Gasteiger partial charge on any atom is -0.378 e. The minimum absolute atomic E-state index is 0.303. The molecule has 0 spiro atoms. The summed E-state index contributed by atoms with van der Waals surface area (Å²) >= 11 is 11.8. The monoisotopic (exact) mass is 290 g/mol. The first-order valence-electron chi connectivity index (χ1n) is 5.98. The van der Waals surface area contributed by atoms with Crippen molar-refractivity contribution in [3.8, 4) is 0 Å². The molecule has 102 valence electrons. The third-order valence-corrected chi connectivity index (χ3v) is 2.88. The minimum atomic E-state index is 0.303. The maximum Gasteiger partial charge on any atom is 0.174 e. The highest BCUT2D eigenvalue weighted by molar-refractivity contribution is 6.33. The molecule has 0 fully saturated rings. The van der Waals surface area contributed by atoms with E-state index in [1.165, 1.54) is 0 Å². The first-order chi connectivity index (χ1) is 8.38. The molecule has 0 saturated carbocycles. The lowest BCUT2D eigenvalue weighted by Gasteiger charge is -2.25. The first-order valence-corrected chi connectivity index (χ1v) is 6.74. The molecule has 1 aromatic heterocycles. The van der Waals surface area contributed by atoms with E-state index < -0.39 is 0 Å². The largest absolute Gasteiger partial charge is 0.378 e. The van der Waals surface area contributed by atoms with Crippen LogP contribution in [0.1, 0.15) is 20.3 Å². The number of likely N-dealkylation sites (N-methyl/N-ethyl adjacent to an activating group) is 1. The molecule has 1 N–H and O–H groups in total. The molecule has 1 aromatic rings. The quantitative estimate of drug-likeness (QED) is 0.874. The van der Waals surface area contributed by atoms with Crippen molar-refractivity contribution >= 4 is 28.9 Å². The van der Waals surface area contributed by atoms with E-state index in [-0.39, 0.29) is 0 Å². The third-order valence-electron chi connectivity index (χ3n) is 2.42. The Kier molecular flexibility index (Phi) is 6.12. The highest BCUT2D eigenvalue weighted by Gasteiger charge is 2.14. The highest BCUT2D eigenvalue weighted by atomic mass is 35.5. The molecule has 18 heavy (non-hydrogen) atoms. The molecule has 0 saturated heterocycles. The maximum absolute atomic E-state index is 6.01. The number of hydrogen-bond acceptors (Lipinski definition) is 4. The van der Waals surface area contributed by atoms with Crippen LogP contribution in [0.3, 0.4) is 0 Å². The van der Waals surface area contributed by atoms with Crippen LogP contribution >= 0.6 is 23.2 Å². The zero-order valence-electron chi connectivity index (χ0n) is 11.2. The predicted molar refractivity (Wildman–Crippen MR) is 77.5 cm³/mol. The van der Waals surface area contributed by atoms with Gasteiger partial charge >= 0.3 is 0 Å². The van der Waals surface area contributed by atoms with Gasteiger partial charge in [0.05, 0.1) is 5.69 Å². The van der Waals surface area contributed by atoms with Crippen molar-refractivity contribution in [1.82, 2.24) is 15.1 Å². The van der Waals surface area contributed by atoms with Crippen molar-refractivity contribution in [3.63, 3.8) is 0 Å². The van der Waals surface area contributed by atoms with E-state index >= 15 is 0 Å². The Labute approximate surface area is 119 Å². The molecule has 0 aliphatic carbocycles. The summed E-state index contributed by atoms with van der Waals surface area (Å²) in [5.41, 5.74) is 0.740. The van der Waals surface area contributed by atoms with Gasteiger partial charge in [0.15, 0.2) is 10.3 Å². The van der Waals surface area contributed by atoms with Crippen LogP contribution < -0.4 is 5.32 Å². The molecule has 0 bridgehead atoms. The van der Waals surface area contributed by atoms with Gasteiger partial charge in [0.2, 0.25) is 0 Å². The molecule has 1 rings (SSSR count). The molecule has 1 heterocycles. The van der Waals surface area contributed by atoms with Crippen molar-refractivity contribution in [2.24, 2.45) is 5.92 Å². The molecular formula is C12H20Cl2N4. The molecule has 4 nitrogen and oxygen atoms in total. The summed E-state index contributed by atoms with van der Waals surface area (Å²) in [5, 5.41) is 11.6. The summed E-state index contributed by atoms with van der Waals surface area (Å²) in [6.07, 6.45) is 1.05. The fourth-order valence-corrected chi connectivity index (χ4v) is 2.16. The van der Waals surface area contributed by atoms with E-state index in [1.54, 1.807) is 6.07 Å². The van der Waals surface area contributed by atoms with Gasteiger partial charge in [0.25, 0.3) is 0 Å². The van der Waals surface area contributed by atoms with Crippen LogP contribution in [0.2, 0.25) is 10.3 Å². The number of halogens is 2. The van der Waals surface area contributed by atoms with Gasteiger partial charge in [-0.25, -0.2) is 0 Å². The average molecular weight is 291 g/mol. The van der Waals surface area contributed by atoms with Gasteiger partial charge in [0.1, 0.15) is 0 Å². The van der Waals surface area contributed by atoms with Gasteiger partial charge in [-0.3, -0.25) is 0 Å². The summed E-state index contributed by atoms with van der Waals surface area (Å²) in [4.78, 5) is 2.14. The van der Waals surface area contributed by atoms with Crippen LogP contribution in [0, 0.1) is 5.92 Å². The Morgan fingerprint density at radius 1 is 1.28 bits per heavy atom. The lowest BCUT2D eigenvalue weighted by molar-refractivity contribution is 0.356. The summed E-state index contributed by atoms with van der Waals surface area (Å²) in [7, 11) is 4.10. The van der Waals surface area contributed by atoms with Crippen LogP contribution in [0.4, 0.5) is 5.69 Å². The van der Waals surface area contributed by atoms with Gasteiger partial charge in [0, 0.05) is 18.7 Å².